The summed E-state index contributed by atoms with van der Waals surface area (Å²) in [6.07, 6.45) is 4.44. The average Bonchev–Trinajstić information content (AvgIpc) is 3.15. The van der Waals surface area contributed by atoms with Crippen molar-refractivity contribution >= 4 is 40.7 Å². The van der Waals surface area contributed by atoms with E-state index in [-0.39, 0.29) is 11.1 Å². The molecule has 0 atom stereocenters. The van der Waals surface area contributed by atoms with Crippen LogP contribution < -0.4 is 20.1 Å². The van der Waals surface area contributed by atoms with Crippen molar-refractivity contribution in [2.45, 2.75) is 25.2 Å². The normalized spacial score (nSPS) is 12.4. The Bertz CT molecular complexity index is 1370. The molecule has 34 heavy (non-hydrogen) atoms. The van der Waals surface area contributed by atoms with Crippen LogP contribution in [-0.4, -0.2) is 36.5 Å². The van der Waals surface area contributed by atoms with Gasteiger partial charge in [-0.1, -0.05) is 30.3 Å². The Hall–Kier alpha value is -3.12. The first-order chi connectivity index (χ1) is 16.5. The standard InChI is InChI=1S/C26H27N3O3S2/c1-4-32-15-7-14-28-24(30)21(17-27)26-29(22-9-6-5-8-18(22)2)25(31)23(34-26)16-19-10-12-20(33-3)13-11-19/h5-6,8-13,16H,4,7,14-15H2,1-3H3,(H,28,30). The molecule has 1 amide bonds. The fraction of sp³-hybridized carbons (Fsp3) is 0.269. The number of carbonyl (C=O) groups excluding carboxylic acids is 1. The van der Waals surface area contributed by atoms with Crippen molar-refractivity contribution in [3.05, 3.63) is 79.2 Å². The van der Waals surface area contributed by atoms with Crippen molar-refractivity contribution in [1.82, 2.24) is 9.88 Å². The summed E-state index contributed by atoms with van der Waals surface area (Å²) < 4.78 is 7.53. The first-order valence-corrected chi connectivity index (χ1v) is 13.0. The zero-order chi connectivity index (χ0) is 24.5. The number of para-hydroxylation sites is 1. The summed E-state index contributed by atoms with van der Waals surface area (Å²) in [4.78, 5) is 27.5. The number of amides is 1. The van der Waals surface area contributed by atoms with Crippen LogP contribution in [0.2, 0.25) is 0 Å². The highest BCUT2D eigenvalue weighted by Crippen LogP contribution is 2.15. The molecule has 8 heteroatoms. The number of nitriles is 1. The van der Waals surface area contributed by atoms with E-state index in [1.807, 2.05) is 74.7 Å². The van der Waals surface area contributed by atoms with Crippen LogP contribution in [0.5, 0.6) is 0 Å². The molecule has 3 rings (SSSR count). The fourth-order valence-corrected chi connectivity index (χ4v) is 4.84. The summed E-state index contributed by atoms with van der Waals surface area (Å²) in [5.74, 6) is -0.501. The number of rotatable bonds is 9. The second-order valence-electron chi connectivity index (χ2n) is 7.41. The minimum atomic E-state index is -0.501. The van der Waals surface area contributed by atoms with E-state index in [9.17, 15) is 14.9 Å². The van der Waals surface area contributed by atoms with Gasteiger partial charge in [0.2, 0.25) is 0 Å². The highest BCUT2D eigenvalue weighted by atomic mass is 32.2. The predicted octanol–water partition coefficient (Wildman–Crippen LogP) is 2.98. The van der Waals surface area contributed by atoms with Gasteiger partial charge in [-0.05, 0) is 61.9 Å². The van der Waals surface area contributed by atoms with Crippen molar-refractivity contribution in [3.63, 3.8) is 0 Å². The van der Waals surface area contributed by atoms with Gasteiger partial charge in [0.1, 0.15) is 10.7 Å². The van der Waals surface area contributed by atoms with Crippen molar-refractivity contribution in [2.75, 3.05) is 26.0 Å². The second kappa shape index (κ2) is 12.4. The van der Waals surface area contributed by atoms with Crippen LogP contribution in [0.4, 0.5) is 0 Å². The highest BCUT2D eigenvalue weighted by molar-refractivity contribution is 7.98. The molecule has 1 N–H and O–H groups in total. The molecule has 0 radical (unpaired) electrons. The van der Waals surface area contributed by atoms with Gasteiger partial charge in [0.25, 0.3) is 11.5 Å². The Balaban J connectivity index is 2.16. The topological polar surface area (TPSA) is 84.1 Å². The third-order valence-electron chi connectivity index (χ3n) is 5.10. The number of benzene rings is 2. The average molecular weight is 494 g/mol. The number of thiazole rings is 1. The smallest absolute Gasteiger partial charge is 0.273 e. The molecule has 3 aromatic rings. The van der Waals surface area contributed by atoms with Crippen LogP contribution in [0.25, 0.3) is 17.3 Å². The SMILES string of the molecule is CCOCCCNC(=O)C(C#N)=c1sc(=Cc2ccc(SC)cc2)c(=O)n1-c1ccccc1C. The molecule has 0 aliphatic carbocycles. The number of hydrogen-bond acceptors (Lipinski definition) is 6. The Kier molecular flexibility index (Phi) is 9.28. The van der Waals surface area contributed by atoms with Crippen LogP contribution in [0.1, 0.15) is 24.5 Å². The van der Waals surface area contributed by atoms with Gasteiger partial charge < -0.3 is 10.1 Å². The third kappa shape index (κ3) is 6.06. The maximum atomic E-state index is 13.5. The molecular formula is C26H27N3O3S2. The number of thioether (sulfide) groups is 1. The van der Waals surface area contributed by atoms with E-state index in [0.29, 0.717) is 41.1 Å². The molecule has 0 spiro atoms. The lowest BCUT2D eigenvalue weighted by atomic mass is 10.2. The van der Waals surface area contributed by atoms with E-state index in [1.165, 1.54) is 4.57 Å². The lowest BCUT2D eigenvalue weighted by Gasteiger charge is -2.08. The molecular weight excluding hydrogens is 466 g/mol. The van der Waals surface area contributed by atoms with Crippen LogP contribution in [0.3, 0.4) is 0 Å². The summed E-state index contributed by atoms with van der Waals surface area (Å²) in [6, 6.07) is 17.3. The van der Waals surface area contributed by atoms with Gasteiger partial charge in [-0.25, -0.2) is 0 Å². The maximum Gasteiger partial charge on any atom is 0.273 e. The molecule has 0 aliphatic rings. The number of ether oxygens (including phenoxy) is 1. The van der Waals surface area contributed by atoms with Crippen molar-refractivity contribution in [3.8, 4) is 11.8 Å². The Morgan fingerprint density at radius 1 is 1.24 bits per heavy atom. The number of carbonyl (C=O) groups is 1. The van der Waals surface area contributed by atoms with E-state index in [4.69, 9.17) is 4.74 Å². The summed E-state index contributed by atoms with van der Waals surface area (Å²) in [5, 5.41) is 12.7. The lowest BCUT2D eigenvalue weighted by molar-refractivity contribution is -0.115. The van der Waals surface area contributed by atoms with Crippen molar-refractivity contribution in [2.24, 2.45) is 0 Å². The molecule has 0 aliphatic heterocycles. The van der Waals surface area contributed by atoms with Gasteiger partial charge in [-0.15, -0.1) is 23.1 Å². The molecule has 176 valence electrons. The van der Waals surface area contributed by atoms with Gasteiger partial charge in [-0.3, -0.25) is 14.2 Å². The largest absolute Gasteiger partial charge is 0.382 e. The molecule has 0 bridgehead atoms. The molecule has 1 aromatic heterocycles. The van der Waals surface area contributed by atoms with E-state index in [2.05, 4.69) is 5.32 Å². The molecule has 1 heterocycles. The molecule has 0 unspecified atom stereocenters. The quantitative estimate of drug-likeness (QED) is 0.366. The van der Waals surface area contributed by atoms with Crippen molar-refractivity contribution in [1.29, 1.82) is 5.26 Å². The van der Waals surface area contributed by atoms with Crippen molar-refractivity contribution < 1.29 is 9.53 Å². The van der Waals surface area contributed by atoms with E-state index in [1.54, 1.807) is 17.8 Å². The van der Waals surface area contributed by atoms with Gasteiger partial charge in [-0.2, -0.15) is 5.26 Å². The molecule has 0 saturated carbocycles. The van der Waals surface area contributed by atoms with Crippen LogP contribution in [0.15, 0.2) is 58.2 Å². The minimum absolute atomic E-state index is 0.0841. The van der Waals surface area contributed by atoms with E-state index < -0.39 is 5.91 Å². The van der Waals surface area contributed by atoms with Crippen LogP contribution in [0, 0.1) is 18.3 Å². The maximum absolute atomic E-state index is 13.5. The highest BCUT2D eigenvalue weighted by Gasteiger charge is 2.17. The summed E-state index contributed by atoms with van der Waals surface area (Å²) >= 11 is 2.79. The molecule has 2 aromatic carbocycles. The number of nitrogens with zero attached hydrogens (tertiary/aromatic N) is 2. The monoisotopic (exact) mass is 493 g/mol. The summed E-state index contributed by atoms with van der Waals surface area (Å²) in [7, 11) is 0. The van der Waals surface area contributed by atoms with Gasteiger partial charge >= 0.3 is 0 Å². The molecule has 0 fully saturated rings. The number of nitrogens with one attached hydrogen (secondary N) is 1. The predicted molar refractivity (Wildman–Crippen MR) is 139 cm³/mol. The minimum Gasteiger partial charge on any atom is -0.382 e. The van der Waals surface area contributed by atoms with Crippen LogP contribution in [-0.2, 0) is 9.53 Å². The Labute approximate surface area is 207 Å². The first-order valence-electron chi connectivity index (χ1n) is 10.9. The van der Waals surface area contributed by atoms with Crippen LogP contribution >= 0.6 is 23.1 Å². The number of hydrogen-bond donors (Lipinski definition) is 1. The summed E-state index contributed by atoms with van der Waals surface area (Å²) in [6.45, 7) is 5.33. The first kappa shape index (κ1) is 25.5. The van der Waals surface area contributed by atoms with E-state index >= 15 is 0 Å². The van der Waals surface area contributed by atoms with Gasteiger partial charge in [0, 0.05) is 24.7 Å². The zero-order valence-electron chi connectivity index (χ0n) is 19.5. The third-order valence-corrected chi connectivity index (χ3v) is 6.94. The molecule has 6 nitrogen and oxygen atoms in total. The lowest BCUT2D eigenvalue weighted by Crippen LogP contribution is -2.34. The van der Waals surface area contributed by atoms with Gasteiger partial charge in [0.05, 0.1) is 10.2 Å². The van der Waals surface area contributed by atoms with Gasteiger partial charge in [0.15, 0.2) is 5.57 Å². The molecule has 0 saturated heterocycles. The second-order valence-corrected chi connectivity index (χ2v) is 9.32. The zero-order valence-corrected chi connectivity index (χ0v) is 21.1. The fourth-order valence-electron chi connectivity index (χ4n) is 3.34. The number of aromatic nitrogens is 1. The summed E-state index contributed by atoms with van der Waals surface area (Å²) in [5.41, 5.74) is 2.04. The van der Waals surface area contributed by atoms with E-state index in [0.717, 1.165) is 27.4 Å². The number of aryl methyl sites for hydroxylation is 1. The Morgan fingerprint density at radius 3 is 2.62 bits per heavy atom. The Morgan fingerprint density at radius 2 is 1.97 bits per heavy atom.